The zero-order valence-corrected chi connectivity index (χ0v) is 13.1. The molecule has 6 nitrogen and oxygen atoms in total. The summed E-state index contributed by atoms with van der Waals surface area (Å²) in [6.07, 6.45) is -0.113. The van der Waals surface area contributed by atoms with Gasteiger partial charge in [0.05, 0.1) is 5.92 Å². The molecule has 0 unspecified atom stereocenters. The molecule has 2 aromatic rings. The van der Waals surface area contributed by atoms with E-state index in [0.717, 1.165) is 6.07 Å². The SMILES string of the molecule is O=C(COC(=O)[C@H]1CC(=O)Nc2cc(F)ccc21)Nc1ccccc1. The average molecular weight is 342 g/mol. The first-order valence-electron chi connectivity index (χ1n) is 7.64. The third-order valence-corrected chi connectivity index (χ3v) is 3.74. The monoisotopic (exact) mass is 342 g/mol. The summed E-state index contributed by atoms with van der Waals surface area (Å²) >= 11 is 0. The summed E-state index contributed by atoms with van der Waals surface area (Å²) < 4.78 is 18.3. The van der Waals surface area contributed by atoms with Crippen LogP contribution >= 0.6 is 0 Å². The van der Waals surface area contributed by atoms with E-state index in [1.165, 1.54) is 12.1 Å². The van der Waals surface area contributed by atoms with E-state index in [4.69, 9.17) is 4.74 Å². The second kappa shape index (κ2) is 7.12. The Morgan fingerprint density at radius 1 is 1.20 bits per heavy atom. The van der Waals surface area contributed by atoms with Gasteiger partial charge >= 0.3 is 5.97 Å². The number of anilines is 2. The van der Waals surface area contributed by atoms with Crippen molar-refractivity contribution < 1.29 is 23.5 Å². The van der Waals surface area contributed by atoms with Crippen LogP contribution < -0.4 is 10.6 Å². The fourth-order valence-corrected chi connectivity index (χ4v) is 2.60. The Morgan fingerprint density at radius 3 is 2.72 bits per heavy atom. The van der Waals surface area contributed by atoms with E-state index in [9.17, 15) is 18.8 Å². The molecule has 2 N–H and O–H groups in total. The van der Waals surface area contributed by atoms with Crippen LogP contribution in [0.2, 0.25) is 0 Å². The molecule has 1 aliphatic rings. The molecule has 0 fully saturated rings. The van der Waals surface area contributed by atoms with Crippen molar-refractivity contribution in [3.05, 3.63) is 59.9 Å². The normalized spacial score (nSPS) is 15.7. The van der Waals surface area contributed by atoms with E-state index < -0.39 is 36.1 Å². The van der Waals surface area contributed by atoms with Crippen molar-refractivity contribution in [2.24, 2.45) is 0 Å². The van der Waals surface area contributed by atoms with Gasteiger partial charge in [0.15, 0.2) is 6.61 Å². The smallest absolute Gasteiger partial charge is 0.314 e. The Bertz CT molecular complexity index is 823. The van der Waals surface area contributed by atoms with Gasteiger partial charge in [0, 0.05) is 17.8 Å². The van der Waals surface area contributed by atoms with Crippen molar-refractivity contribution in [3.8, 4) is 0 Å². The van der Waals surface area contributed by atoms with E-state index in [0.29, 0.717) is 11.3 Å². The van der Waals surface area contributed by atoms with Gasteiger partial charge in [0.1, 0.15) is 5.82 Å². The number of hydrogen-bond donors (Lipinski definition) is 2. The van der Waals surface area contributed by atoms with Crippen molar-refractivity contribution in [1.82, 2.24) is 0 Å². The Kier molecular flexibility index (Phi) is 4.74. The van der Waals surface area contributed by atoms with Crippen molar-refractivity contribution in [1.29, 1.82) is 0 Å². The Hall–Kier alpha value is -3.22. The number of benzene rings is 2. The largest absolute Gasteiger partial charge is 0.455 e. The molecular weight excluding hydrogens is 327 g/mol. The summed E-state index contributed by atoms with van der Waals surface area (Å²) in [6.45, 7) is -0.470. The third kappa shape index (κ3) is 4.00. The number of esters is 1. The Balaban J connectivity index is 1.64. The highest BCUT2D eigenvalue weighted by atomic mass is 19.1. The summed E-state index contributed by atoms with van der Waals surface area (Å²) in [6, 6.07) is 12.5. The van der Waals surface area contributed by atoms with Gasteiger partial charge in [-0.15, -0.1) is 0 Å². The number of carbonyl (C=O) groups is 3. The molecule has 1 aliphatic heterocycles. The maximum absolute atomic E-state index is 13.3. The molecular formula is C18H15FN2O4. The predicted octanol–water partition coefficient (Wildman–Crippen LogP) is 2.43. The van der Waals surface area contributed by atoms with Gasteiger partial charge in [-0.1, -0.05) is 24.3 Å². The Morgan fingerprint density at radius 2 is 1.96 bits per heavy atom. The fourth-order valence-electron chi connectivity index (χ4n) is 2.60. The van der Waals surface area contributed by atoms with E-state index in [1.54, 1.807) is 24.3 Å². The number of hydrogen-bond acceptors (Lipinski definition) is 4. The molecule has 0 aliphatic carbocycles. The lowest BCUT2D eigenvalue weighted by atomic mass is 9.90. The number of para-hydroxylation sites is 1. The molecule has 2 aromatic carbocycles. The van der Waals surface area contributed by atoms with E-state index in [2.05, 4.69) is 10.6 Å². The van der Waals surface area contributed by atoms with Crippen LogP contribution in [0.15, 0.2) is 48.5 Å². The van der Waals surface area contributed by atoms with Gasteiger partial charge in [-0.3, -0.25) is 14.4 Å². The summed E-state index contributed by atoms with van der Waals surface area (Å²) in [5.41, 5.74) is 1.29. The van der Waals surface area contributed by atoms with E-state index in [-0.39, 0.29) is 12.1 Å². The van der Waals surface area contributed by atoms with Gasteiger partial charge in [-0.25, -0.2) is 4.39 Å². The molecule has 2 amide bonds. The van der Waals surface area contributed by atoms with Gasteiger partial charge in [-0.05, 0) is 29.8 Å². The van der Waals surface area contributed by atoms with Crippen LogP contribution in [0.25, 0.3) is 0 Å². The highest BCUT2D eigenvalue weighted by Gasteiger charge is 2.32. The number of nitrogens with one attached hydrogen (secondary N) is 2. The molecule has 0 saturated heterocycles. The zero-order valence-electron chi connectivity index (χ0n) is 13.1. The first-order chi connectivity index (χ1) is 12.0. The van der Waals surface area contributed by atoms with Crippen LogP contribution in [0.1, 0.15) is 17.9 Å². The zero-order chi connectivity index (χ0) is 17.8. The summed E-state index contributed by atoms with van der Waals surface area (Å²) in [5.74, 6) is -2.98. The number of amides is 2. The predicted molar refractivity (Wildman–Crippen MR) is 88.4 cm³/mol. The number of carbonyl (C=O) groups excluding carboxylic acids is 3. The van der Waals surface area contributed by atoms with Crippen LogP contribution in [-0.2, 0) is 19.1 Å². The molecule has 3 rings (SSSR count). The van der Waals surface area contributed by atoms with Gasteiger partial charge in [-0.2, -0.15) is 0 Å². The minimum atomic E-state index is -0.867. The number of halogens is 1. The van der Waals surface area contributed by atoms with Crippen LogP contribution in [-0.4, -0.2) is 24.4 Å². The minimum absolute atomic E-state index is 0.113. The van der Waals surface area contributed by atoms with Crippen molar-refractivity contribution in [2.75, 3.05) is 17.2 Å². The Labute approximate surface area is 143 Å². The molecule has 0 aromatic heterocycles. The molecule has 0 saturated carbocycles. The first-order valence-corrected chi connectivity index (χ1v) is 7.64. The maximum Gasteiger partial charge on any atom is 0.314 e. The second-order valence-electron chi connectivity index (χ2n) is 5.56. The molecule has 0 spiro atoms. The highest BCUT2D eigenvalue weighted by molar-refractivity contribution is 6.00. The molecule has 25 heavy (non-hydrogen) atoms. The first kappa shape index (κ1) is 16.6. The standard InChI is InChI=1S/C18H15FN2O4/c19-11-6-7-13-14(9-16(22)21-15(13)8-11)18(24)25-10-17(23)20-12-4-2-1-3-5-12/h1-8,14H,9-10H2,(H,20,23)(H,21,22)/t14-/m0/s1. The number of fused-ring (bicyclic) bond motifs is 1. The lowest BCUT2D eigenvalue weighted by Gasteiger charge is -2.24. The average Bonchev–Trinajstić information content (AvgIpc) is 2.59. The van der Waals surface area contributed by atoms with Gasteiger partial charge in [0.2, 0.25) is 5.91 Å². The molecule has 0 radical (unpaired) electrons. The number of rotatable bonds is 4. The third-order valence-electron chi connectivity index (χ3n) is 3.74. The lowest BCUT2D eigenvalue weighted by Crippen LogP contribution is -2.30. The fraction of sp³-hybridized carbons (Fsp3) is 0.167. The molecule has 0 bridgehead atoms. The lowest BCUT2D eigenvalue weighted by molar-refractivity contribution is -0.149. The highest BCUT2D eigenvalue weighted by Crippen LogP contribution is 2.33. The quantitative estimate of drug-likeness (QED) is 0.836. The summed E-state index contributed by atoms with van der Waals surface area (Å²) in [4.78, 5) is 35.8. The van der Waals surface area contributed by atoms with Gasteiger partial charge < -0.3 is 15.4 Å². The molecule has 1 heterocycles. The maximum atomic E-state index is 13.3. The number of ether oxygens (including phenoxy) is 1. The van der Waals surface area contributed by atoms with Gasteiger partial charge in [0.25, 0.3) is 5.91 Å². The minimum Gasteiger partial charge on any atom is -0.455 e. The van der Waals surface area contributed by atoms with Crippen LogP contribution in [0.5, 0.6) is 0 Å². The second-order valence-corrected chi connectivity index (χ2v) is 5.56. The molecule has 128 valence electrons. The molecule has 1 atom stereocenters. The van der Waals surface area contributed by atoms with Crippen molar-refractivity contribution in [2.45, 2.75) is 12.3 Å². The topological polar surface area (TPSA) is 84.5 Å². The summed E-state index contributed by atoms with van der Waals surface area (Å²) in [5, 5.41) is 5.11. The van der Waals surface area contributed by atoms with E-state index >= 15 is 0 Å². The van der Waals surface area contributed by atoms with E-state index in [1.807, 2.05) is 6.07 Å². The summed E-state index contributed by atoms with van der Waals surface area (Å²) in [7, 11) is 0. The van der Waals surface area contributed by atoms with Crippen molar-refractivity contribution in [3.63, 3.8) is 0 Å². The van der Waals surface area contributed by atoms with Crippen LogP contribution in [0.3, 0.4) is 0 Å². The van der Waals surface area contributed by atoms with Crippen LogP contribution in [0, 0.1) is 5.82 Å². The van der Waals surface area contributed by atoms with Crippen molar-refractivity contribution >= 4 is 29.2 Å². The molecule has 7 heteroatoms. The van der Waals surface area contributed by atoms with Crippen LogP contribution in [0.4, 0.5) is 15.8 Å².